The van der Waals surface area contributed by atoms with Gasteiger partial charge in [0.1, 0.15) is 0 Å². The Kier molecular flexibility index (Phi) is 8.11. The third kappa shape index (κ3) is 5.96. The average Bonchev–Trinajstić information content (AvgIpc) is 3.59. The van der Waals surface area contributed by atoms with Crippen LogP contribution in [0.4, 0.5) is 17.1 Å². The van der Waals surface area contributed by atoms with Gasteiger partial charge in [0.05, 0.1) is 24.6 Å². The molecule has 0 amide bonds. The number of benzene rings is 2. The molecule has 224 valence electrons. The summed E-state index contributed by atoms with van der Waals surface area (Å²) in [5.41, 5.74) is 17.5. The van der Waals surface area contributed by atoms with Gasteiger partial charge in [-0.3, -0.25) is 0 Å². The molecule has 5 nitrogen and oxygen atoms in total. The van der Waals surface area contributed by atoms with Crippen molar-refractivity contribution in [1.82, 2.24) is 4.57 Å². The van der Waals surface area contributed by atoms with E-state index in [-0.39, 0.29) is 10.8 Å². The lowest BCUT2D eigenvalue weighted by Crippen LogP contribution is -2.35. The maximum absolute atomic E-state index is 6.37. The quantitative estimate of drug-likeness (QED) is 0.278. The Morgan fingerprint density at radius 1 is 0.977 bits per heavy atom. The zero-order valence-corrected chi connectivity index (χ0v) is 26.2. The van der Waals surface area contributed by atoms with E-state index in [9.17, 15) is 0 Å². The number of anilines is 3. The monoisotopic (exact) mass is 574 g/mol. The second-order valence-corrected chi connectivity index (χ2v) is 13.2. The summed E-state index contributed by atoms with van der Waals surface area (Å²) in [4.78, 5) is 2.43. The van der Waals surface area contributed by atoms with Crippen molar-refractivity contribution in [3.05, 3.63) is 119 Å². The largest absolute Gasteiger partial charge is 0.398 e. The zero-order chi connectivity index (χ0) is 30.0. The first-order valence-corrected chi connectivity index (χ1v) is 15.8. The fourth-order valence-electron chi connectivity index (χ4n) is 6.84. The summed E-state index contributed by atoms with van der Waals surface area (Å²) in [5.74, 6) is 0. The molecular formula is C38H46N4O. The standard InChI is InChI=1S/C38H46N4O/c1-37(2,31-14-5-7-16-33(31)39)21-10-13-28-11-9-12-29(18-19-35-38(3,4)32-15-6-8-17-34(32)40-35)36(28)42-22-20-30(27-42)41-23-25-43-26-24-41/h5-8,10,13-20,22,27,40H,9,11-12,21,23-26,39H2,1-4H3/b13-10+,29-18+,35-19+. The van der Waals surface area contributed by atoms with Crippen LogP contribution in [0.15, 0.2) is 108 Å². The number of aromatic nitrogens is 1. The molecule has 0 spiro atoms. The summed E-state index contributed by atoms with van der Waals surface area (Å²) in [6.07, 6.45) is 18.1. The van der Waals surface area contributed by atoms with Crippen molar-refractivity contribution in [1.29, 1.82) is 0 Å². The Bertz CT molecular complexity index is 1590. The number of nitrogens with zero attached hydrogens (tertiary/aromatic N) is 2. The Morgan fingerprint density at radius 2 is 1.74 bits per heavy atom. The molecule has 1 fully saturated rings. The van der Waals surface area contributed by atoms with E-state index in [1.165, 1.54) is 45.0 Å². The summed E-state index contributed by atoms with van der Waals surface area (Å²) < 4.78 is 7.97. The SMILES string of the molecule is CC(C)(C/C=C/C1=C(n2ccc(N3CCOCC3)c2)C(=C/C=C2/Nc3ccccc3C2(C)C)/CCC1)c1ccccc1N. The van der Waals surface area contributed by atoms with Crippen LogP contribution in [-0.4, -0.2) is 30.9 Å². The Morgan fingerprint density at radius 3 is 2.53 bits per heavy atom. The van der Waals surface area contributed by atoms with Crippen molar-refractivity contribution in [2.45, 2.75) is 64.2 Å². The Balaban J connectivity index is 1.35. The maximum atomic E-state index is 6.37. The first-order valence-electron chi connectivity index (χ1n) is 15.8. The summed E-state index contributed by atoms with van der Waals surface area (Å²) >= 11 is 0. The number of morpholine rings is 1. The number of para-hydroxylation sites is 2. The summed E-state index contributed by atoms with van der Waals surface area (Å²) in [6.45, 7) is 12.6. The molecular weight excluding hydrogens is 528 g/mol. The van der Waals surface area contributed by atoms with Crippen molar-refractivity contribution in [2.75, 3.05) is 42.3 Å². The number of nitrogens with two attached hydrogens (primary N) is 1. The van der Waals surface area contributed by atoms with Crippen LogP contribution in [0.25, 0.3) is 5.70 Å². The van der Waals surface area contributed by atoms with Crippen molar-refractivity contribution in [3.63, 3.8) is 0 Å². The van der Waals surface area contributed by atoms with Crippen LogP contribution in [0.2, 0.25) is 0 Å². The Labute approximate surface area is 257 Å². The average molecular weight is 575 g/mol. The number of rotatable bonds is 7. The highest BCUT2D eigenvalue weighted by Gasteiger charge is 2.34. The third-order valence-corrected chi connectivity index (χ3v) is 9.44. The molecule has 6 rings (SSSR count). The first kappa shape index (κ1) is 29.1. The van der Waals surface area contributed by atoms with E-state index >= 15 is 0 Å². The molecule has 5 heteroatoms. The third-order valence-electron chi connectivity index (χ3n) is 9.44. The van der Waals surface area contributed by atoms with E-state index in [1.807, 2.05) is 12.1 Å². The second-order valence-electron chi connectivity index (χ2n) is 13.2. The van der Waals surface area contributed by atoms with Crippen LogP contribution in [0, 0.1) is 0 Å². The smallest absolute Gasteiger partial charge is 0.0642 e. The fraction of sp³-hybridized carbons (Fsp3) is 0.368. The molecule has 0 saturated carbocycles. The molecule has 3 aromatic rings. The lowest BCUT2D eigenvalue weighted by Gasteiger charge is -2.28. The van der Waals surface area contributed by atoms with Gasteiger partial charge in [-0.25, -0.2) is 0 Å². The van der Waals surface area contributed by atoms with E-state index in [2.05, 4.69) is 122 Å². The molecule has 0 atom stereocenters. The predicted molar refractivity (Wildman–Crippen MR) is 181 cm³/mol. The molecule has 0 unspecified atom stereocenters. The van der Waals surface area contributed by atoms with Gasteiger partial charge in [0.2, 0.25) is 0 Å². The van der Waals surface area contributed by atoms with Crippen LogP contribution in [0.3, 0.4) is 0 Å². The van der Waals surface area contributed by atoms with Crippen LogP contribution in [0.1, 0.15) is 64.5 Å². The first-order chi connectivity index (χ1) is 20.7. The zero-order valence-electron chi connectivity index (χ0n) is 26.2. The minimum Gasteiger partial charge on any atom is -0.398 e. The van der Waals surface area contributed by atoms with E-state index in [0.29, 0.717) is 0 Å². The highest BCUT2D eigenvalue weighted by atomic mass is 16.5. The molecule has 1 aliphatic carbocycles. The number of nitrogen functional groups attached to an aromatic ring is 1. The fourth-order valence-corrected chi connectivity index (χ4v) is 6.84. The molecule has 2 aromatic carbocycles. The lowest BCUT2D eigenvalue weighted by molar-refractivity contribution is 0.122. The van der Waals surface area contributed by atoms with Crippen molar-refractivity contribution < 1.29 is 4.74 Å². The number of hydrogen-bond donors (Lipinski definition) is 2. The van der Waals surface area contributed by atoms with Crippen LogP contribution in [0.5, 0.6) is 0 Å². The van der Waals surface area contributed by atoms with Gasteiger partial charge in [-0.2, -0.15) is 0 Å². The van der Waals surface area contributed by atoms with Crippen molar-refractivity contribution in [3.8, 4) is 0 Å². The summed E-state index contributed by atoms with van der Waals surface area (Å²) in [7, 11) is 0. The van der Waals surface area contributed by atoms with Gasteiger partial charge in [0, 0.05) is 48.0 Å². The summed E-state index contributed by atoms with van der Waals surface area (Å²) in [5, 5.41) is 3.70. The number of hydrogen-bond acceptors (Lipinski definition) is 4. The van der Waals surface area contributed by atoms with E-state index in [0.717, 1.165) is 57.7 Å². The molecule has 3 aliphatic rings. The minimum atomic E-state index is -0.0588. The van der Waals surface area contributed by atoms with Gasteiger partial charge in [-0.15, -0.1) is 0 Å². The van der Waals surface area contributed by atoms with Gasteiger partial charge in [0.15, 0.2) is 0 Å². The molecule has 0 radical (unpaired) electrons. The maximum Gasteiger partial charge on any atom is 0.0642 e. The highest BCUT2D eigenvalue weighted by Crippen LogP contribution is 2.43. The van der Waals surface area contributed by atoms with Crippen LogP contribution in [-0.2, 0) is 15.6 Å². The van der Waals surface area contributed by atoms with Gasteiger partial charge in [0.25, 0.3) is 0 Å². The summed E-state index contributed by atoms with van der Waals surface area (Å²) in [6, 6.07) is 19.2. The predicted octanol–water partition coefficient (Wildman–Crippen LogP) is 8.44. The van der Waals surface area contributed by atoms with Gasteiger partial charge in [-0.05, 0) is 77.6 Å². The Hall–Kier alpha value is -3.96. The lowest BCUT2D eigenvalue weighted by atomic mass is 9.80. The van der Waals surface area contributed by atoms with E-state index in [4.69, 9.17) is 10.5 Å². The number of ether oxygens (including phenoxy) is 1. The second kappa shape index (κ2) is 12.0. The minimum absolute atomic E-state index is 0.0496. The van der Waals surface area contributed by atoms with Gasteiger partial charge >= 0.3 is 0 Å². The molecule has 1 aromatic heterocycles. The molecule has 43 heavy (non-hydrogen) atoms. The van der Waals surface area contributed by atoms with E-state index in [1.54, 1.807) is 0 Å². The normalized spacial score (nSPS) is 20.7. The van der Waals surface area contributed by atoms with Crippen LogP contribution < -0.4 is 16.0 Å². The van der Waals surface area contributed by atoms with Gasteiger partial charge < -0.3 is 25.3 Å². The topological polar surface area (TPSA) is 55.5 Å². The molecule has 3 N–H and O–H groups in total. The number of nitrogens with one attached hydrogen (secondary N) is 1. The number of allylic oxidation sites excluding steroid dienone is 8. The van der Waals surface area contributed by atoms with Crippen molar-refractivity contribution in [2.24, 2.45) is 0 Å². The molecule has 2 aliphatic heterocycles. The number of fused-ring (bicyclic) bond motifs is 1. The van der Waals surface area contributed by atoms with E-state index < -0.39 is 0 Å². The van der Waals surface area contributed by atoms with Crippen LogP contribution >= 0.6 is 0 Å². The van der Waals surface area contributed by atoms with Gasteiger partial charge in [-0.1, -0.05) is 82.3 Å². The molecule has 1 saturated heterocycles. The molecule has 3 heterocycles. The molecule has 0 bridgehead atoms. The highest BCUT2D eigenvalue weighted by molar-refractivity contribution is 5.74. The van der Waals surface area contributed by atoms with Crippen molar-refractivity contribution >= 4 is 22.8 Å².